The first-order valence-corrected chi connectivity index (χ1v) is 7.80. The Morgan fingerprint density at radius 2 is 1.65 bits per heavy atom. The highest BCUT2D eigenvalue weighted by Crippen LogP contribution is 2.22. The highest BCUT2D eigenvalue weighted by Gasteiger charge is 2.04. The van der Waals surface area contributed by atoms with Crippen LogP contribution in [0.4, 0.5) is 5.69 Å². The second-order valence-electron chi connectivity index (χ2n) is 5.01. The number of anilines is 1. The van der Waals surface area contributed by atoms with Crippen LogP contribution in [0.5, 0.6) is 11.8 Å². The van der Waals surface area contributed by atoms with Crippen molar-refractivity contribution in [3.05, 3.63) is 12.1 Å². The molecule has 4 heteroatoms. The summed E-state index contributed by atoms with van der Waals surface area (Å²) in [6.45, 7) is 5.61. The van der Waals surface area contributed by atoms with E-state index in [2.05, 4.69) is 18.8 Å². The molecule has 0 aliphatic rings. The quantitative estimate of drug-likeness (QED) is 0.617. The molecule has 0 atom stereocenters. The van der Waals surface area contributed by atoms with E-state index in [1.807, 2.05) is 0 Å². The summed E-state index contributed by atoms with van der Waals surface area (Å²) >= 11 is 0. The number of ether oxygens (including phenoxy) is 2. The SMILES string of the molecule is CCCCCCCCOc1ccc(N)c(OCCC)n1. The fourth-order valence-corrected chi connectivity index (χ4v) is 1.89. The summed E-state index contributed by atoms with van der Waals surface area (Å²) in [4.78, 5) is 4.29. The van der Waals surface area contributed by atoms with E-state index in [-0.39, 0.29) is 0 Å². The van der Waals surface area contributed by atoms with Gasteiger partial charge >= 0.3 is 0 Å². The monoisotopic (exact) mass is 280 g/mol. The van der Waals surface area contributed by atoms with E-state index in [4.69, 9.17) is 15.2 Å². The smallest absolute Gasteiger partial charge is 0.240 e. The van der Waals surface area contributed by atoms with E-state index in [0.717, 1.165) is 12.8 Å². The van der Waals surface area contributed by atoms with Crippen molar-refractivity contribution in [3.63, 3.8) is 0 Å². The van der Waals surface area contributed by atoms with Crippen LogP contribution >= 0.6 is 0 Å². The van der Waals surface area contributed by atoms with Crippen LogP contribution in [0.3, 0.4) is 0 Å². The number of pyridine rings is 1. The number of rotatable bonds is 11. The summed E-state index contributed by atoms with van der Waals surface area (Å²) in [6, 6.07) is 3.58. The Labute approximate surface area is 122 Å². The third-order valence-electron chi connectivity index (χ3n) is 3.05. The van der Waals surface area contributed by atoms with Crippen molar-refractivity contribution >= 4 is 5.69 Å². The van der Waals surface area contributed by atoms with Gasteiger partial charge in [0.1, 0.15) is 0 Å². The molecule has 0 saturated carbocycles. The van der Waals surface area contributed by atoms with Crippen LogP contribution < -0.4 is 15.2 Å². The molecule has 0 fully saturated rings. The number of unbranched alkanes of at least 4 members (excludes halogenated alkanes) is 5. The zero-order valence-electron chi connectivity index (χ0n) is 12.9. The van der Waals surface area contributed by atoms with Crippen molar-refractivity contribution in [2.45, 2.75) is 58.8 Å². The number of nitrogens with zero attached hydrogens (tertiary/aromatic N) is 1. The Morgan fingerprint density at radius 3 is 2.40 bits per heavy atom. The van der Waals surface area contributed by atoms with Crippen molar-refractivity contribution in [2.24, 2.45) is 0 Å². The molecule has 4 nitrogen and oxygen atoms in total. The van der Waals surface area contributed by atoms with Crippen LogP contribution in [0.15, 0.2) is 12.1 Å². The van der Waals surface area contributed by atoms with Gasteiger partial charge in [0, 0.05) is 6.07 Å². The summed E-state index contributed by atoms with van der Waals surface area (Å²) < 4.78 is 11.1. The van der Waals surface area contributed by atoms with Gasteiger partial charge in [0.15, 0.2) is 0 Å². The third-order valence-corrected chi connectivity index (χ3v) is 3.05. The zero-order valence-corrected chi connectivity index (χ0v) is 12.9. The second-order valence-corrected chi connectivity index (χ2v) is 5.01. The minimum Gasteiger partial charge on any atom is -0.478 e. The fourth-order valence-electron chi connectivity index (χ4n) is 1.89. The molecule has 1 aromatic heterocycles. The Bertz CT molecular complexity index is 369. The van der Waals surface area contributed by atoms with Crippen LogP contribution in [-0.2, 0) is 0 Å². The Hall–Kier alpha value is -1.45. The first-order chi connectivity index (χ1) is 9.77. The van der Waals surface area contributed by atoms with Crippen LogP contribution in [0.1, 0.15) is 58.8 Å². The first-order valence-electron chi connectivity index (χ1n) is 7.80. The van der Waals surface area contributed by atoms with E-state index in [0.29, 0.717) is 30.7 Å². The molecule has 1 heterocycles. The summed E-state index contributed by atoms with van der Waals surface area (Å²) in [7, 11) is 0. The first kappa shape index (κ1) is 16.6. The number of nitrogens with two attached hydrogens (primary N) is 1. The molecule has 0 bridgehead atoms. The second kappa shape index (κ2) is 10.4. The molecule has 1 rings (SSSR count). The molecule has 20 heavy (non-hydrogen) atoms. The van der Waals surface area contributed by atoms with E-state index < -0.39 is 0 Å². The topological polar surface area (TPSA) is 57.4 Å². The van der Waals surface area contributed by atoms with Crippen LogP contribution in [-0.4, -0.2) is 18.2 Å². The lowest BCUT2D eigenvalue weighted by molar-refractivity contribution is 0.275. The average Bonchev–Trinajstić information content (AvgIpc) is 2.46. The van der Waals surface area contributed by atoms with Gasteiger partial charge in [-0.05, 0) is 18.9 Å². The van der Waals surface area contributed by atoms with Gasteiger partial charge in [0.25, 0.3) is 0 Å². The molecule has 0 aromatic carbocycles. The summed E-state index contributed by atoms with van der Waals surface area (Å²) in [5.74, 6) is 1.08. The van der Waals surface area contributed by atoms with Gasteiger partial charge in [-0.1, -0.05) is 46.0 Å². The predicted molar refractivity (Wildman–Crippen MR) is 83.3 cm³/mol. The van der Waals surface area contributed by atoms with Gasteiger partial charge in [0.05, 0.1) is 18.9 Å². The lowest BCUT2D eigenvalue weighted by atomic mass is 10.1. The Morgan fingerprint density at radius 1 is 0.900 bits per heavy atom. The van der Waals surface area contributed by atoms with Crippen LogP contribution in [0.2, 0.25) is 0 Å². The van der Waals surface area contributed by atoms with E-state index in [1.54, 1.807) is 12.1 Å². The number of nitrogen functional groups attached to an aromatic ring is 1. The van der Waals surface area contributed by atoms with E-state index in [9.17, 15) is 0 Å². The average molecular weight is 280 g/mol. The molecule has 0 radical (unpaired) electrons. The zero-order chi connectivity index (χ0) is 14.6. The summed E-state index contributed by atoms with van der Waals surface area (Å²) in [5.41, 5.74) is 6.37. The molecule has 0 spiro atoms. The molecule has 0 unspecified atom stereocenters. The molecular formula is C16H28N2O2. The van der Waals surface area contributed by atoms with Crippen molar-refractivity contribution in [2.75, 3.05) is 18.9 Å². The predicted octanol–water partition coefficient (Wildman–Crippen LogP) is 4.19. The lowest BCUT2D eigenvalue weighted by Crippen LogP contribution is -2.04. The maximum Gasteiger partial charge on any atom is 0.240 e. The Kier molecular flexibility index (Phi) is 8.59. The summed E-state index contributed by atoms with van der Waals surface area (Å²) in [6.07, 6.45) is 8.45. The van der Waals surface area contributed by atoms with E-state index >= 15 is 0 Å². The lowest BCUT2D eigenvalue weighted by Gasteiger charge is -2.10. The van der Waals surface area contributed by atoms with Gasteiger partial charge < -0.3 is 15.2 Å². The Balaban J connectivity index is 2.26. The molecule has 0 aliphatic carbocycles. The van der Waals surface area contributed by atoms with Gasteiger partial charge in [-0.25, -0.2) is 0 Å². The van der Waals surface area contributed by atoms with Crippen LogP contribution in [0, 0.1) is 0 Å². The minimum atomic E-state index is 0.479. The molecule has 1 aromatic rings. The van der Waals surface area contributed by atoms with Gasteiger partial charge in [-0.2, -0.15) is 4.98 Å². The highest BCUT2D eigenvalue weighted by molar-refractivity contribution is 5.49. The normalized spacial score (nSPS) is 10.5. The number of aromatic nitrogens is 1. The standard InChI is InChI=1S/C16H28N2O2/c1-3-5-6-7-8-9-13-19-15-11-10-14(17)16(18-15)20-12-4-2/h10-11H,3-9,12-13,17H2,1-2H3. The fraction of sp³-hybridized carbons (Fsp3) is 0.688. The highest BCUT2D eigenvalue weighted by atomic mass is 16.5. The number of hydrogen-bond donors (Lipinski definition) is 1. The van der Waals surface area contributed by atoms with Gasteiger partial charge in [-0.3, -0.25) is 0 Å². The maximum absolute atomic E-state index is 5.81. The van der Waals surface area contributed by atoms with Crippen LogP contribution in [0.25, 0.3) is 0 Å². The molecule has 2 N–H and O–H groups in total. The molecule has 114 valence electrons. The van der Waals surface area contributed by atoms with Gasteiger partial charge in [0.2, 0.25) is 11.8 Å². The minimum absolute atomic E-state index is 0.479. The van der Waals surface area contributed by atoms with Crippen molar-refractivity contribution in [1.29, 1.82) is 0 Å². The largest absolute Gasteiger partial charge is 0.478 e. The molecule has 0 aliphatic heterocycles. The molecule has 0 saturated heterocycles. The van der Waals surface area contributed by atoms with Crippen molar-refractivity contribution in [1.82, 2.24) is 4.98 Å². The maximum atomic E-state index is 5.81. The molecular weight excluding hydrogens is 252 g/mol. The summed E-state index contributed by atoms with van der Waals surface area (Å²) in [5, 5.41) is 0. The van der Waals surface area contributed by atoms with Crippen molar-refractivity contribution < 1.29 is 9.47 Å². The van der Waals surface area contributed by atoms with E-state index in [1.165, 1.54) is 32.1 Å². The van der Waals surface area contributed by atoms with Crippen molar-refractivity contribution in [3.8, 4) is 11.8 Å². The number of hydrogen-bond acceptors (Lipinski definition) is 4. The molecule has 0 amide bonds. The van der Waals surface area contributed by atoms with Gasteiger partial charge in [-0.15, -0.1) is 0 Å². The third kappa shape index (κ3) is 6.64.